The van der Waals surface area contributed by atoms with Crippen LogP contribution in [0.2, 0.25) is 0 Å². The second kappa shape index (κ2) is 9.73. The zero-order chi connectivity index (χ0) is 25.2. The van der Waals surface area contributed by atoms with Crippen molar-refractivity contribution in [2.24, 2.45) is 0 Å². The van der Waals surface area contributed by atoms with Gasteiger partial charge in [-0.25, -0.2) is 18.7 Å². The number of aliphatic hydroxyl groups is 1. The van der Waals surface area contributed by atoms with Crippen LogP contribution in [-0.4, -0.2) is 70.3 Å². The summed E-state index contributed by atoms with van der Waals surface area (Å²) in [6.07, 6.45) is -0.846. The minimum absolute atomic E-state index is 0.0540. The first kappa shape index (κ1) is 24.8. The number of benzene rings is 1. The van der Waals surface area contributed by atoms with Gasteiger partial charge in [0.05, 0.1) is 18.2 Å². The lowest BCUT2D eigenvalue weighted by Gasteiger charge is -2.23. The summed E-state index contributed by atoms with van der Waals surface area (Å²) in [7, 11) is -3.28. The van der Waals surface area contributed by atoms with E-state index in [2.05, 4.69) is 24.6 Å². The number of aromatic nitrogens is 4. The molecule has 186 valence electrons. The second-order valence-electron chi connectivity index (χ2n) is 7.84. The Morgan fingerprint density at radius 3 is 2.74 bits per heavy atom. The zero-order valence-corrected chi connectivity index (χ0v) is 19.2. The standard InChI is InChI=1S/C21H22F2N6O5S/c1-24-35(32,33)34-16-9-17(21(22,23)19(16)31)27-20-14(10-25-12-26-20)18(30)15-7-8-29(28-15)11-13-5-3-2-4-6-13/h2-8,10,12,16-17,19,24,31H,9,11H2,1H3,(H,25,26,27)/t16-,17-,19-/m1/s1. The van der Waals surface area contributed by atoms with E-state index in [9.17, 15) is 27.1 Å². The SMILES string of the molecule is CNS(=O)(=O)O[C@@H]1C[C@@H](Nc2ncncc2C(=O)c2ccn(Cc3ccccc3)n2)C(F)(F)[C@@H]1O. The maximum Gasteiger partial charge on any atom is 0.335 e. The fourth-order valence-electron chi connectivity index (χ4n) is 3.69. The van der Waals surface area contributed by atoms with E-state index in [0.29, 0.717) is 6.54 Å². The van der Waals surface area contributed by atoms with E-state index in [0.717, 1.165) is 25.1 Å². The largest absolute Gasteiger partial charge is 0.384 e. The van der Waals surface area contributed by atoms with E-state index in [4.69, 9.17) is 0 Å². The fourth-order valence-corrected chi connectivity index (χ4v) is 4.29. The molecule has 14 heteroatoms. The van der Waals surface area contributed by atoms with Gasteiger partial charge in [0, 0.05) is 25.9 Å². The number of nitrogens with zero attached hydrogens (tertiary/aromatic N) is 4. The number of rotatable bonds is 9. The van der Waals surface area contributed by atoms with Gasteiger partial charge >= 0.3 is 10.3 Å². The Bertz CT molecular complexity index is 1300. The Labute approximate surface area is 199 Å². The lowest BCUT2D eigenvalue weighted by atomic mass is 10.1. The number of hydrogen-bond acceptors (Lipinski definition) is 9. The van der Waals surface area contributed by atoms with Gasteiger partial charge in [-0.2, -0.15) is 18.2 Å². The summed E-state index contributed by atoms with van der Waals surface area (Å²) < 4.78 is 60.7. The molecule has 1 aromatic carbocycles. The number of alkyl halides is 2. The molecule has 3 N–H and O–H groups in total. The van der Waals surface area contributed by atoms with Crippen molar-refractivity contribution >= 4 is 21.9 Å². The highest BCUT2D eigenvalue weighted by Crippen LogP contribution is 2.39. The molecule has 11 nitrogen and oxygen atoms in total. The van der Waals surface area contributed by atoms with Gasteiger partial charge in [0.2, 0.25) is 5.78 Å². The van der Waals surface area contributed by atoms with Crippen LogP contribution in [0.15, 0.2) is 55.1 Å². The first-order chi connectivity index (χ1) is 16.6. The highest BCUT2D eigenvalue weighted by molar-refractivity contribution is 7.84. The highest BCUT2D eigenvalue weighted by atomic mass is 32.2. The predicted octanol–water partition coefficient (Wildman–Crippen LogP) is 0.982. The summed E-state index contributed by atoms with van der Waals surface area (Å²) in [5, 5.41) is 16.7. The van der Waals surface area contributed by atoms with Crippen LogP contribution in [0.1, 0.15) is 28.0 Å². The molecule has 35 heavy (non-hydrogen) atoms. The van der Waals surface area contributed by atoms with Crippen molar-refractivity contribution in [3.8, 4) is 0 Å². The Balaban J connectivity index is 1.53. The molecule has 0 radical (unpaired) electrons. The van der Waals surface area contributed by atoms with Gasteiger partial charge in [-0.15, -0.1) is 0 Å². The van der Waals surface area contributed by atoms with Crippen molar-refractivity contribution in [2.45, 2.75) is 37.1 Å². The van der Waals surface area contributed by atoms with Crippen LogP contribution in [0, 0.1) is 0 Å². The van der Waals surface area contributed by atoms with Crippen molar-refractivity contribution in [3.63, 3.8) is 0 Å². The van der Waals surface area contributed by atoms with E-state index >= 15 is 0 Å². The molecule has 0 unspecified atom stereocenters. The molecule has 1 aliphatic rings. The van der Waals surface area contributed by atoms with E-state index in [1.54, 1.807) is 10.9 Å². The first-order valence-corrected chi connectivity index (χ1v) is 11.9. The number of ketones is 1. The maximum atomic E-state index is 14.7. The Hall–Kier alpha value is -3.33. The van der Waals surface area contributed by atoms with Crippen LogP contribution < -0.4 is 10.0 Å². The molecule has 0 aliphatic heterocycles. The Kier molecular flexibility index (Phi) is 6.89. The second-order valence-corrected chi connectivity index (χ2v) is 9.35. The third kappa shape index (κ3) is 5.35. The summed E-state index contributed by atoms with van der Waals surface area (Å²) in [5.41, 5.74) is 0.910. The van der Waals surface area contributed by atoms with Crippen LogP contribution >= 0.6 is 0 Å². The normalized spacial score (nSPS) is 21.7. The lowest BCUT2D eigenvalue weighted by molar-refractivity contribution is -0.112. The molecule has 4 rings (SSSR count). The molecule has 2 heterocycles. The van der Waals surface area contributed by atoms with Gasteiger partial charge in [0.25, 0.3) is 5.92 Å². The minimum Gasteiger partial charge on any atom is -0.384 e. The zero-order valence-electron chi connectivity index (χ0n) is 18.4. The summed E-state index contributed by atoms with van der Waals surface area (Å²) in [4.78, 5) is 20.8. The molecule has 0 bridgehead atoms. The number of hydrogen-bond donors (Lipinski definition) is 3. The molecule has 1 saturated carbocycles. The number of nitrogens with one attached hydrogen (secondary N) is 2. The van der Waals surface area contributed by atoms with Gasteiger partial charge in [-0.05, 0) is 11.6 Å². The summed E-state index contributed by atoms with van der Waals surface area (Å²) in [6.45, 7) is 0.424. The van der Waals surface area contributed by atoms with Crippen molar-refractivity contribution in [3.05, 3.63) is 71.9 Å². The smallest absolute Gasteiger partial charge is 0.335 e. The average molecular weight is 509 g/mol. The first-order valence-electron chi connectivity index (χ1n) is 10.5. The van der Waals surface area contributed by atoms with E-state index < -0.39 is 46.7 Å². The number of carbonyl (C=O) groups is 1. The van der Waals surface area contributed by atoms with Gasteiger partial charge in [0.15, 0.2) is 0 Å². The quantitative estimate of drug-likeness (QED) is 0.360. The van der Waals surface area contributed by atoms with Crippen molar-refractivity contribution in [2.75, 3.05) is 12.4 Å². The number of carbonyl (C=O) groups excluding carboxylic acids is 1. The average Bonchev–Trinajstić information content (AvgIpc) is 3.38. The van der Waals surface area contributed by atoms with Gasteiger partial charge in [-0.1, -0.05) is 30.3 Å². The summed E-state index contributed by atoms with van der Waals surface area (Å²) >= 11 is 0. The highest BCUT2D eigenvalue weighted by Gasteiger charge is 2.59. The maximum absolute atomic E-state index is 14.7. The number of aliphatic hydroxyl groups excluding tert-OH is 1. The third-order valence-corrected chi connectivity index (χ3v) is 6.51. The third-order valence-electron chi connectivity index (χ3n) is 5.51. The van der Waals surface area contributed by atoms with Crippen molar-refractivity contribution in [1.82, 2.24) is 24.5 Å². The van der Waals surface area contributed by atoms with E-state index in [1.165, 1.54) is 6.07 Å². The Morgan fingerprint density at radius 1 is 1.29 bits per heavy atom. The molecular weight excluding hydrogens is 486 g/mol. The van der Waals surface area contributed by atoms with Gasteiger partial charge in [0.1, 0.15) is 30.0 Å². The van der Waals surface area contributed by atoms with E-state index in [-0.39, 0.29) is 17.1 Å². The van der Waals surface area contributed by atoms with Crippen LogP contribution in [-0.2, 0) is 21.0 Å². The van der Waals surface area contributed by atoms with Crippen LogP contribution in [0.4, 0.5) is 14.6 Å². The summed E-state index contributed by atoms with van der Waals surface area (Å²) in [6, 6.07) is 9.17. The van der Waals surface area contributed by atoms with Crippen molar-refractivity contribution < 1.29 is 31.3 Å². The Morgan fingerprint density at radius 2 is 2.03 bits per heavy atom. The van der Waals surface area contributed by atoms with E-state index in [1.807, 2.05) is 35.1 Å². The molecule has 0 saturated heterocycles. The van der Waals surface area contributed by atoms with Crippen LogP contribution in [0.3, 0.4) is 0 Å². The van der Waals surface area contributed by atoms with Gasteiger partial charge < -0.3 is 10.4 Å². The topological polar surface area (TPSA) is 148 Å². The molecular formula is C21H22F2N6O5S. The fraction of sp³-hybridized carbons (Fsp3) is 0.333. The molecule has 0 spiro atoms. The molecule has 2 aromatic heterocycles. The molecule has 3 atom stereocenters. The van der Waals surface area contributed by atoms with Crippen molar-refractivity contribution in [1.29, 1.82) is 0 Å². The molecule has 1 fully saturated rings. The lowest BCUT2D eigenvalue weighted by Crippen LogP contribution is -2.44. The molecule has 3 aromatic rings. The number of halogens is 2. The van der Waals surface area contributed by atoms with Gasteiger partial charge in [-0.3, -0.25) is 13.7 Å². The van der Waals surface area contributed by atoms with Crippen LogP contribution in [0.25, 0.3) is 0 Å². The molecule has 1 aliphatic carbocycles. The summed E-state index contributed by atoms with van der Waals surface area (Å²) in [5.74, 6) is -4.60. The monoisotopic (exact) mass is 508 g/mol. The minimum atomic E-state index is -4.32. The van der Waals surface area contributed by atoms with Crippen LogP contribution in [0.5, 0.6) is 0 Å². The predicted molar refractivity (Wildman–Crippen MR) is 119 cm³/mol. The molecule has 0 amide bonds. The number of anilines is 1.